The summed E-state index contributed by atoms with van der Waals surface area (Å²) < 4.78 is 7.20. The van der Waals surface area contributed by atoms with E-state index >= 15 is 0 Å². The molecule has 0 aliphatic carbocycles. The summed E-state index contributed by atoms with van der Waals surface area (Å²) in [5, 5.41) is 1.08. The number of nitrogen functional groups attached to an aromatic ring is 1. The molecule has 1 saturated heterocycles. The van der Waals surface area contributed by atoms with Gasteiger partial charge in [0.2, 0.25) is 0 Å². The van der Waals surface area contributed by atoms with Gasteiger partial charge in [-0.25, -0.2) is 4.98 Å². The monoisotopic (exact) mass is 269 g/mol. The second-order valence-electron chi connectivity index (χ2n) is 3.93. The van der Waals surface area contributed by atoms with Crippen molar-refractivity contribution >= 4 is 44.7 Å². The van der Waals surface area contributed by atoms with Gasteiger partial charge in [-0.3, -0.25) is 0 Å². The van der Waals surface area contributed by atoms with Crippen LogP contribution < -0.4 is 10.6 Å². The molecule has 3 heterocycles. The van der Waals surface area contributed by atoms with Gasteiger partial charge in [-0.1, -0.05) is 11.6 Å². The van der Waals surface area contributed by atoms with Gasteiger partial charge in [0.05, 0.1) is 17.6 Å². The fraction of sp³-hybridized carbons (Fsp3) is 0.364. The summed E-state index contributed by atoms with van der Waals surface area (Å²) in [4.78, 5) is 6.63. The number of hydrogen-bond donors (Lipinski definition) is 1. The number of thiophene rings is 1. The summed E-state index contributed by atoms with van der Waals surface area (Å²) in [7, 11) is 0. The quantitative estimate of drug-likeness (QED) is 0.864. The van der Waals surface area contributed by atoms with Crippen molar-refractivity contribution < 1.29 is 4.74 Å². The maximum Gasteiger partial charge on any atom is 0.139 e. The summed E-state index contributed by atoms with van der Waals surface area (Å²) in [5.74, 6) is 1.46. The zero-order chi connectivity index (χ0) is 11.8. The van der Waals surface area contributed by atoms with E-state index < -0.39 is 0 Å². The van der Waals surface area contributed by atoms with Gasteiger partial charge in [0, 0.05) is 23.2 Å². The first-order valence-electron chi connectivity index (χ1n) is 5.42. The van der Waals surface area contributed by atoms with Crippen molar-refractivity contribution in [3.8, 4) is 0 Å². The van der Waals surface area contributed by atoms with Crippen LogP contribution in [0.4, 0.5) is 11.6 Å². The SMILES string of the molecule is Nc1cc2sc(Cl)cc2c(N2CCOCC2)n1. The molecule has 2 N–H and O–H groups in total. The van der Waals surface area contributed by atoms with Crippen molar-refractivity contribution in [2.24, 2.45) is 0 Å². The van der Waals surface area contributed by atoms with Crippen LogP contribution in [0.1, 0.15) is 0 Å². The minimum atomic E-state index is 0.539. The van der Waals surface area contributed by atoms with Crippen molar-refractivity contribution in [2.75, 3.05) is 36.9 Å². The molecule has 0 spiro atoms. The zero-order valence-electron chi connectivity index (χ0n) is 9.15. The predicted molar refractivity (Wildman–Crippen MR) is 72.1 cm³/mol. The molecular formula is C11H12ClN3OS. The Kier molecular flexibility index (Phi) is 2.82. The number of nitrogens with zero attached hydrogens (tertiary/aromatic N) is 2. The van der Waals surface area contributed by atoms with Crippen LogP contribution in [0.5, 0.6) is 0 Å². The molecule has 4 nitrogen and oxygen atoms in total. The average molecular weight is 270 g/mol. The third kappa shape index (κ3) is 2.06. The van der Waals surface area contributed by atoms with Crippen molar-refractivity contribution in [2.45, 2.75) is 0 Å². The van der Waals surface area contributed by atoms with E-state index in [1.807, 2.05) is 12.1 Å². The normalized spacial score (nSPS) is 16.6. The molecule has 0 radical (unpaired) electrons. The number of anilines is 2. The summed E-state index contributed by atoms with van der Waals surface area (Å²) >= 11 is 7.59. The highest BCUT2D eigenvalue weighted by Gasteiger charge is 2.17. The Morgan fingerprint density at radius 3 is 2.88 bits per heavy atom. The number of morpholine rings is 1. The molecule has 0 atom stereocenters. The van der Waals surface area contributed by atoms with Gasteiger partial charge < -0.3 is 15.4 Å². The van der Waals surface area contributed by atoms with E-state index in [9.17, 15) is 0 Å². The van der Waals surface area contributed by atoms with E-state index in [0.29, 0.717) is 5.82 Å². The van der Waals surface area contributed by atoms with Crippen LogP contribution in [0.15, 0.2) is 12.1 Å². The topological polar surface area (TPSA) is 51.4 Å². The largest absolute Gasteiger partial charge is 0.384 e. The van der Waals surface area contributed by atoms with Crippen molar-refractivity contribution in [1.29, 1.82) is 0 Å². The van der Waals surface area contributed by atoms with Gasteiger partial charge in [-0.2, -0.15) is 0 Å². The molecule has 90 valence electrons. The molecule has 17 heavy (non-hydrogen) atoms. The molecule has 3 rings (SSSR count). The Morgan fingerprint density at radius 2 is 2.12 bits per heavy atom. The van der Waals surface area contributed by atoms with Gasteiger partial charge in [0.1, 0.15) is 11.6 Å². The Balaban J connectivity index is 2.12. The fourth-order valence-electron chi connectivity index (χ4n) is 2.02. The number of rotatable bonds is 1. The zero-order valence-corrected chi connectivity index (χ0v) is 10.7. The minimum absolute atomic E-state index is 0.539. The van der Waals surface area contributed by atoms with E-state index in [1.165, 1.54) is 11.3 Å². The van der Waals surface area contributed by atoms with Crippen LogP contribution in [0.25, 0.3) is 10.1 Å². The molecule has 0 bridgehead atoms. The molecular weight excluding hydrogens is 258 g/mol. The summed E-state index contributed by atoms with van der Waals surface area (Å²) in [6.45, 7) is 3.16. The first-order valence-corrected chi connectivity index (χ1v) is 6.62. The third-order valence-corrected chi connectivity index (χ3v) is 4.01. The van der Waals surface area contributed by atoms with Gasteiger partial charge in [0.15, 0.2) is 0 Å². The number of fused-ring (bicyclic) bond motifs is 1. The lowest BCUT2D eigenvalue weighted by Gasteiger charge is -2.28. The Bertz CT molecular complexity index is 551. The van der Waals surface area contributed by atoms with Gasteiger partial charge in [0.25, 0.3) is 0 Å². The Labute approximate surface area is 108 Å². The lowest BCUT2D eigenvalue weighted by atomic mass is 10.2. The predicted octanol–water partition coefficient (Wildman–Crippen LogP) is 2.37. The molecule has 1 aliphatic heterocycles. The molecule has 0 amide bonds. The number of aromatic nitrogens is 1. The average Bonchev–Trinajstić information content (AvgIpc) is 2.69. The number of halogens is 1. The van der Waals surface area contributed by atoms with Crippen LogP contribution >= 0.6 is 22.9 Å². The van der Waals surface area contributed by atoms with Crippen molar-refractivity contribution in [3.63, 3.8) is 0 Å². The minimum Gasteiger partial charge on any atom is -0.384 e. The van der Waals surface area contributed by atoms with Crippen molar-refractivity contribution in [3.05, 3.63) is 16.5 Å². The van der Waals surface area contributed by atoms with Crippen LogP contribution in [-0.2, 0) is 4.74 Å². The lowest BCUT2D eigenvalue weighted by molar-refractivity contribution is 0.122. The van der Waals surface area contributed by atoms with E-state index in [4.69, 9.17) is 22.1 Å². The molecule has 2 aromatic rings. The first kappa shape index (κ1) is 11.1. The molecule has 6 heteroatoms. The third-order valence-electron chi connectivity index (χ3n) is 2.80. The van der Waals surface area contributed by atoms with E-state index in [0.717, 1.165) is 46.5 Å². The van der Waals surface area contributed by atoms with Crippen LogP contribution in [-0.4, -0.2) is 31.3 Å². The highest BCUT2D eigenvalue weighted by atomic mass is 35.5. The first-order chi connectivity index (χ1) is 8.24. The molecule has 0 saturated carbocycles. The fourth-order valence-corrected chi connectivity index (χ4v) is 3.21. The number of hydrogen-bond acceptors (Lipinski definition) is 5. The van der Waals surface area contributed by atoms with Crippen LogP contribution in [0.3, 0.4) is 0 Å². The summed E-state index contributed by atoms with van der Waals surface area (Å²) in [6, 6.07) is 3.83. The second kappa shape index (κ2) is 4.33. The summed E-state index contributed by atoms with van der Waals surface area (Å²) in [5.41, 5.74) is 5.84. The smallest absolute Gasteiger partial charge is 0.139 e. The summed E-state index contributed by atoms with van der Waals surface area (Å²) in [6.07, 6.45) is 0. The Morgan fingerprint density at radius 1 is 1.35 bits per heavy atom. The highest BCUT2D eigenvalue weighted by molar-refractivity contribution is 7.22. The molecule has 1 aliphatic rings. The van der Waals surface area contributed by atoms with Crippen molar-refractivity contribution in [1.82, 2.24) is 4.98 Å². The Hall–Kier alpha value is -1.04. The number of pyridine rings is 1. The maximum absolute atomic E-state index is 6.05. The van der Waals surface area contributed by atoms with Crippen LogP contribution in [0, 0.1) is 0 Å². The van der Waals surface area contributed by atoms with E-state index in [2.05, 4.69) is 9.88 Å². The van der Waals surface area contributed by atoms with E-state index in [-0.39, 0.29) is 0 Å². The number of ether oxygens (including phenoxy) is 1. The molecule has 1 fully saturated rings. The highest BCUT2D eigenvalue weighted by Crippen LogP contribution is 2.36. The molecule has 2 aromatic heterocycles. The molecule has 0 aromatic carbocycles. The standard InChI is InChI=1S/C11H12ClN3OS/c12-9-5-7-8(17-9)6-10(13)14-11(7)15-1-3-16-4-2-15/h5-6H,1-4H2,(H2,13,14). The number of nitrogens with two attached hydrogens (primary N) is 1. The second-order valence-corrected chi connectivity index (χ2v) is 5.65. The van der Waals surface area contributed by atoms with E-state index in [1.54, 1.807) is 0 Å². The van der Waals surface area contributed by atoms with Crippen LogP contribution in [0.2, 0.25) is 4.34 Å². The maximum atomic E-state index is 6.05. The van der Waals surface area contributed by atoms with Gasteiger partial charge >= 0.3 is 0 Å². The molecule has 0 unspecified atom stereocenters. The van der Waals surface area contributed by atoms with Gasteiger partial charge in [-0.05, 0) is 12.1 Å². The lowest BCUT2D eigenvalue weighted by Crippen LogP contribution is -2.36. The van der Waals surface area contributed by atoms with Gasteiger partial charge in [-0.15, -0.1) is 11.3 Å².